The average Bonchev–Trinajstić information content (AvgIpc) is 2.60. The van der Waals surface area contributed by atoms with Crippen molar-refractivity contribution in [1.82, 2.24) is 15.1 Å². The summed E-state index contributed by atoms with van der Waals surface area (Å²) in [5.74, 6) is -0.266. The van der Waals surface area contributed by atoms with Crippen LogP contribution in [0.2, 0.25) is 0 Å². The molecule has 94 valence electrons. The maximum atomic E-state index is 11.2. The number of primary amides is 1. The highest BCUT2D eigenvalue weighted by Gasteiger charge is 2.28. The van der Waals surface area contributed by atoms with Crippen LogP contribution in [0, 0.1) is 0 Å². The van der Waals surface area contributed by atoms with Gasteiger partial charge >= 0.3 is 0 Å². The number of nitrogens with one attached hydrogen (secondary N) is 1. The summed E-state index contributed by atoms with van der Waals surface area (Å²) in [4.78, 5) is 15.7. The van der Waals surface area contributed by atoms with Crippen molar-refractivity contribution in [2.45, 2.75) is 24.9 Å². The Hall–Kier alpha value is -0.650. The van der Waals surface area contributed by atoms with Crippen molar-refractivity contribution < 1.29 is 4.79 Å². The molecular weight excluding hydrogens is 204 g/mol. The lowest BCUT2D eigenvalue weighted by atomic mass is 10.2. The fourth-order valence-electron chi connectivity index (χ4n) is 2.32. The van der Waals surface area contributed by atoms with Gasteiger partial charge in [0.1, 0.15) is 0 Å². The Morgan fingerprint density at radius 2 is 2.31 bits per heavy atom. The Bertz CT molecular complexity index is 232. The summed E-state index contributed by atoms with van der Waals surface area (Å²) in [5, 5.41) is 2.97. The maximum absolute atomic E-state index is 11.2. The Labute approximate surface area is 98.0 Å². The number of carbonyl (C=O) groups is 1. The van der Waals surface area contributed by atoms with Crippen molar-refractivity contribution >= 4 is 5.91 Å². The third-order valence-corrected chi connectivity index (χ3v) is 3.18. The molecule has 0 bridgehead atoms. The second kappa shape index (κ2) is 6.18. The van der Waals surface area contributed by atoms with E-state index in [2.05, 4.69) is 29.2 Å². The summed E-state index contributed by atoms with van der Waals surface area (Å²) in [6.07, 6.45) is 2.43. The standard InChI is InChI=1S/C11H24N4O/c1-13-10(11(12)16)8-15-6-4-5-9(15)7-14(2)3/h9-10,13H,4-8H2,1-3H3,(H2,12,16). The second-order valence-corrected chi connectivity index (χ2v) is 4.80. The fraction of sp³-hybridized carbons (Fsp3) is 0.909. The van der Waals surface area contributed by atoms with E-state index in [0.717, 1.165) is 19.6 Å². The summed E-state index contributed by atoms with van der Waals surface area (Å²) in [7, 11) is 5.95. The van der Waals surface area contributed by atoms with Gasteiger partial charge < -0.3 is 16.0 Å². The minimum absolute atomic E-state index is 0.234. The van der Waals surface area contributed by atoms with Crippen LogP contribution in [0.15, 0.2) is 0 Å². The highest BCUT2D eigenvalue weighted by molar-refractivity contribution is 5.80. The van der Waals surface area contributed by atoms with Crippen molar-refractivity contribution in [2.24, 2.45) is 5.73 Å². The summed E-state index contributed by atoms with van der Waals surface area (Å²) in [5.41, 5.74) is 5.33. The Balaban J connectivity index is 2.48. The molecule has 1 aliphatic rings. The zero-order valence-corrected chi connectivity index (χ0v) is 10.6. The molecular formula is C11H24N4O. The van der Waals surface area contributed by atoms with Gasteiger partial charge in [-0.1, -0.05) is 0 Å². The number of carbonyl (C=O) groups excluding carboxylic acids is 1. The predicted octanol–water partition coefficient (Wildman–Crippen LogP) is -0.914. The number of nitrogens with two attached hydrogens (primary N) is 1. The van der Waals surface area contributed by atoms with E-state index in [4.69, 9.17) is 5.73 Å². The Kier molecular flexibility index (Phi) is 5.18. The largest absolute Gasteiger partial charge is 0.368 e. The van der Waals surface area contributed by atoms with Crippen LogP contribution >= 0.6 is 0 Å². The smallest absolute Gasteiger partial charge is 0.235 e. The van der Waals surface area contributed by atoms with Crippen LogP contribution in [0.25, 0.3) is 0 Å². The number of rotatable bonds is 6. The van der Waals surface area contributed by atoms with Crippen molar-refractivity contribution in [3.8, 4) is 0 Å². The van der Waals surface area contributed by atoms with E-state index in [9.17, 15) is 4.79 Å². The lowest BCUT2D eigenvalue weighted by Gasteiger charge is -2.29. The van der Waals surface area contributed by atoms with Crippen molar-refractivity contribution in [3.05, 3.63) is 0 Å². The molecule has 0 spiro atoms. The van der Waals surface area contributed by atoms with Crippen LogP contribution in [-0.2, 0) is 4.79 Å². The molecule has 0 aromatic heterocycles. The molecule has 0 aromatic rings. The van der Waals surface area contributed by atoms with Gasteiger partial charge in [0.25, 0.3) is 0 Å². The number of amides is 1. The molecule has 2 atom stereocenters. The van der Waals surface area contributed by atoms with Crippen molar-refractivity contribution in [1.29, 1.82) is 0 Å². The normalized spacial score (nSPS) is 23.9. The summed E-state index contributed by atoms with van der Waals surface area (Å²) in [6, 6.07) is 0.327. The van der Waals surface area contributed by atoms with E-state index in [-0.39, 0.29) is 11.9 Å². The maximum Gasteiger partial charge on any atom is 0.235 e. The average molecular weight is 228 g/mol. The number of likely N-dealkylation sites (tertiary alicyclic amines) is 1. The molecule has 1 rings (SSSR count). The van der Waals surface area contributed by atoms with Crippen LogP contribution in [0.3, 0.4) is 0 Å². The highest BCUT2D eigenvalue weighted by Crippen LogP contribution is 2.17. The van der Waals surface area contributed by atoms with Crippen LogP contribution < -0.4 is 11.1 Å². The van der Waals surface area contributed by atoms with Crippen LogP contribution in [-0.4, -0.2) is 68.6 Å². The van der Waals surface area contributed by atoms with Gasteiger partial charge in [0.15, 0.2) is 0 Å². The summed E-state index contributed by atoms with van der Waals surface area (Å²) in [6.45, 7) is 2.85. The monoisotopic (exact) mass is 228 g/mol. The van der Waals surface area contributed by atoms with E-state index < -0.39 is 0 Å². The molecule has 0 radical (unpaired) electrons. The molecule has 0 aromatic carbocycles. The molecule has 16 heavy (non-hydrogen) atoms. The third-order valence-electron chi connectivity index (χ3n) is 3.18. The van der Waals surface area contributed by atoms with E-state index in [1.54, 1.807) is 7.05 Å². The minimum atomic E-state index is -0.266. The molecule has 1 heterocycles. The molecule has 0 aliphatic carbocycles. The zero-order valence-electron chi connectivity index (χ0n) is 10.6. The Morgan fingerprint density at radius 1 is 1.62 bits per heavy atom. The van der Waals surface area contributed by atoms with Crippen molar-refractivity contribution in [3.63, 3.8) is 0 Å². The highest BCUT2D eigenvalue weighted by atomic mass is 16.1. The van der Waals surface area contributed by atoms with Gasteiger partial charge in [-0.05, 0) is 40.5 Å². The summed E-state index contributed by atoms with van der Waals surface area (Å²) >= 11 is 0. The fourth-order valence-corrected chi connectivity index (χ4v) is 2.32. The molecule has 1 fully saturated rings. The molecule has 2 unspecified atom stereocenters. The quantitative estimate of drug-likeness (QED) is 0.617. The SMILES string of the molecule is CNC(CN1CCCC1CN(C)C)C(N)=O. The van der Waals surface area contributed by atoms with Crippen molar-refractivity contribution in [2.75, 3.05) is 40.8 Å². The van der Waals surface area contributed by atoms with Gasteiger partial charge in [-0.15, -0.1) is 0 Å². The first kappa shape index (κ1) is 13.4. The first-order chi connectivity index (χ1) is 7.54. The first-order valence-electron chi connectivity index (χ1n) is 5.90. The molecule has 5 nitrogen and oxygen atoms in total. The molecule has 3 N–H and O–H groups in total. The predicted molar refractivity (Wildman–Crippen MR) is 65.2 cm³/mol. The molecule has 1 saturated heterocycles. The third kappa shape index (κ3) is 3.73. The van der Waals surface area contributed by atoms with E-state index in [0.29, 0.717) is 6.04 Å². The number of nitrogens with zero attached hydrogens (tertiary/aromatic N) is 2. The lowest BCUT2D eigenvalue weighted by Crippen LogP contribution is -2.50. The van der Waals surface area contributed by atoms with E-state index in [1.165, 1.54) is 12.8 Å². The van der Waals surface area contributed by atoms with Gasteiger partial charge in [0.2, 0.25) is 5.91 Å². The van der Waals surface area contributed by atoms with Crippen LogP contribution in [0.1, 0.15) is 12.8 Å². The number of likely N-dealkylation sites (N-methyl/N-ethyl adjacent to an activating group) is 2. The first-order valence-corrected chi connectivity index (χ1v) is 5.90. The van der Waals surface area contributed by atoms with Gasteiger partial charge in [0, 0.05) is 19.1 Å². The van der Waals surface area contributed by atoms with Gasteiger partial charge in [0.05, 0.1) is 6.04 Å². The molecule has 1 amide bonds. The molecule has 0 saturated carbocycles. The second-order valence-electron chi connectivity index (χ2n) is 4.80. The summed E-state index contributed by atoms with van der Waals surface area (Å²) < 4.78 is 0. The minimum Gasteiger partial charge on any atom is -0.368 e. The molecule has 1 aliphatic heterocycles. The lowest BCUT2D eigenvalue weighted by molar-refractivity contribution is -0.120. The molecule has 5 heteroatoms. The topological polar surface area (TPSA) is 61.6 Å². The Morgan fingerprint density at radius 3 is 2.81 bits per heavy atom. The van der Waals surface area contributed by atoms with Crippen LogP contribution in [0.5, 0.6) is 0 Å². The van der Waals surface area contributed by atoms with Gasteiger partial charge in [-0.25, -0.2) is 0 Å². The van der Waals surface area contributed by atoms with E-state index in [1.807, 2.05) is 0 Å². The number of hydrogen-bond acceptors (Lipinski definition) is 4. The van der Waals surface area contributed by atoms with E-state index >= 15 is 0 Å². The van der Waals surface area contributed by atoms with Gasteiger partial charge in [-0.3, -0.25) is 9.69 Å². The van der Waals surface area contributed by atoms with Crippen LogP contribution in [0.4, 0.5) is 0 Å². The van der Waals surface area contributed by atoms with Gasteiger partial charge in [-0.2, -0.15) is 0 Å². The number of hydrogen-bond donors (Lipinski definition) is 2. The zero-order chi connectivity index (χ0) is 12.1.